The third kappa shape index (κ3) is 5.37. The molecule has 2 fully saturated rings. The van der Waals surface area contributed by atoms with E-state index >= 15 is 0 Å². The fourth-order valence-corrected chi connectivity index (χ4v) is 5.40. The van der Waals surface area contributed by atoms with Crippen LogP contribution < -0.4 is 9.80 Å². The van der Waals surface area contributed by atoms with Crippen LogP contribution in [0, 0.1) is 24.2 Å². The Labute approximate surface area is 220 Å². The second-order valence-electron chi connectivity index (χ2n) is 9.93. The first-order valence-electron chi connectivity index (χ1n) is 12.1. The van der Waals surface area contributed by atoms with Crippen LogP contribution in [0.3, 0.4) is 0 Å². The summed E-state index contributed by atoms with van der Waals surface area (Å²) >= 11 is 0. The van der Waals surface area contributed by atoms with Gasteiger partial charge in [0.15, 0.2) is 0 Å². The SMILES string of the molecule is Cc1cccc(N(C)C(=O)CN(C)C(=O)[C@@H]2[C@H]3CC[C@H](C3)N2c2nc(C(F)(F)F)cc(C(F)(F)F)c2C#N)c1. The number of alkyl halides is 6. The van der Waals surface area contributed by atoms with E-state index in [2.05, 4.69) is 4.98 Å². The van der Waals surface area contributed by atoms with Gasteiger partial charge in [-0.25, -0.2) is 4.98 Å². The summed E-state index contributed by atoms with van der Waals surface area (Å²) in [4.78, 5) is 33.6. The van der Waals surface area contributed by atoms with Crippen molar-refractivity contribution in [1.29, 1.82) is 5.26 Å². The Morgan fingerprint density at radius 1 is 1.10 bits per heavy atom. The lowest BCUT2D eigenvalue weighted by Gasteiger charge is -2.38. The van der Waals surface area contributed by atoms with Gasteiger partial charge in [0.2, 0.25) is 11.8 Å². The number of likely N-dealkylation sites (N-methyl/N-ethyl adjacent to an activating group) is 2. The van der Waals surface area contributed by atoms with Gasteiger partial charge in [-0.05, 0) is 55.9 Å². The number of aromatic nitrogens is 1. The normalized spacial score (nSPS) is 20.6. The number of rotatable bonds is 5. The molecule has 39 heavy (non-hydrogen) atoms. The quantitative estimate of drug-likeness (QED) is 0.498. The number of carbonyl (C=O) groups is 2. The number of nitrogens with zero attached hydrogens (tertiary/aromatic N) is 5. The first-order chi connectivity index (χ1) is 18.1. The molecule has 1 saturated heterocycles. The summed E-state index contributed by atoms with van der Waals surface area (Å²) in [5.74, 6) is -2.29. The van der Waals surface area contributed by atoms with Gasteiger partial charge in [0.25, 0.3) is 0 Å². The van der Waals surface area contributed by atoms with Gasteiger partial charge < -0.3 is 14.7 Å². The van der Waals surface area contributed by atoms with Crippen LogP contribution in [0.25, 0.3) is 0 Å². The fraction of sp³-hybridized carbons (Fsp3) is 0.462. The molecule has 13 heteroatoms. The van der Waals surface area contributed by atoms with Gasteiger partial charge in [-0.3, -0.25) is 9.59 Å². The summed E-state index contributed by atoms with van der Waals surface area (Å²) in [6.45, 7) is 1.47. The van der Waals surface area contributed by atoms with Crippen molar-refractivity contribution in [2.24, 2.45) is 5.92 Å². The van der Waals surface area contributed by atoms with E-state index in [1.807, 2.05) is 13.0 Å². The molecule has 1 aliphatic carbocycles. The molecule has 1 aromatic carbocycles. The van der Waals surface area contributed by atoms with Crippen molar-refractivity contribution in [3.63, 3.8) is 0 Å². The number of nitriles is 1. The van der Waals surface area contributed by atoms with Crippen molar-refractivity contribution in [3.05, 3.63) is 52.7 Å². The smallest absolute Gasteiger partial charge is 0.340 e. The zero-order valence-electron chi connectivity index (χ0n) is 21.3. The number of hydrogen-bond acceptors (Lipinski definition) is 5. The van der Waals surface area contributed by atoms with Gasteiger partial charge in [-0.15, -0.1) is 0 Å². The number of aryl methyl sites for hydroxylation is 1. The Morgan fingerprint density at radius 2 is 1.79 bits per heavy atom. The van der Waals surface area contributed by atoms with Crippen molar-refractivity contribution in [2.45, 2.75) is 50.6 Å². The van der Waals surface area contributed by atoms with E-state index in [0.717, 1.165) is 15.4 Å². The number of carbonyl (C=O) groups excluding carboxylic acids is 2. The Bertz CT molecular complexity index is 1340. The van der Waals surface area contributed by atoms with Crippen molar-refractivity contribution in [3.8, 4) is 6.07 Å². The molecule has 0 spiro atoms. The number of pyridine rings is 1. The van der Waals surface area contributed by atoms with E-state index in [0.29, 0.717) is 24.9 Å². The molecule has 2 aromatic rings. The summed E-state index contributed by atoms with van der Waals surface area (Å²) in [5.41, 5.74) is -3.14. The van der Waals surface area contributed by atoms with Crippen LogP contribution in [0.2, 0.25) is 0 Å². The number of benzene rings is 1. The maximum atomic E-state index is 13.7. The summed E-state index contributed by atoms with van der Waals surface area (Å²) in [7, 11) is 2.88. The van der Waals surface area contributed by atoms with Crippen LogP contribution in [0.4, 0.5) is 37.8 Å². The molecule has 1 saturated carbocycles. The monoisotopic (exact) mass is 553 g/mol. The number of amides is 2. The lowest BCUT2D eigenvalue weighted by atomic mass is 9.96. The molecule has 0 unspecified atom stereocenters. The highest BCUT2D eigenvalue weighted by molar-refractivity contribution is 5.97. The zero-order chi connectivity index (χ0) is 28.9. The van der Waals surface area contributed by atoms with Crippen LogP contribution in [-0.4, -0.2) is 54.4 Å². The summed E-state index contributed by atoms with van der Waals surface area (Å²) < 4.78 is 81.9. The molecule has 1 aliphatic heterocycles. The van der Waals surface area contributed by atoms with E-state index < -0.39 is 58.9 Å². The van der Waals surface area contributed by atoms with Crippen molar-refractivity contribution in [1.82, 2.24) is 9.88 Å². The lowest BCUT2D eigenvalue weighted by molar-refractivity contribution is -0.145. The highest BCUT2D eigenvalue weighted by Gasteiger charge is 2.53. The van der Waals surface area contributed by atoms with Gasteiger partial charge in [-0.2, -0.15) is 31.6 Å². The summed E-state index contributed by atoms with van der Waals surface area (Å²) in [5, 5.41) is 9.59. The first-order valence-corrected chi connectivity index (χ1v) is 12.1. The fourth-order valence-electron chi connectivity index (χ4n) is 5.40. The van der Waals surface area contributed by atoms with Crippen molar-refractivity contribution >= 4 is 23.3 Å². The molecule has 7 nitrogen and oxygen atoms in total. The van der Waals surface area contributed by atoms with Crippen LogP contribution >= 0.6 is 0 Å². The van der Waals surface area contributed by atoms with Gasteiger partial charge in [0.05, 0.1) is 12.1 Å². The van der Waals surface area contributed by atoms with Crippen molar-refractivity contribution in [2.75, 3.05) is 30.4 Å². The van der Waals surface area contributed by atoms with E-state index in [1.54, 1.807) is 18.2 Å². The number of piperidine rings is 1. The van der Waals surface area contributed by atoms with Gasteiger partial charge in [-0.1, -0.05) is 12.1 Å². The van der Waals surface area contributed by atoms with Gasteiger partial charge in [0, 0.05) is 25.8 Å². The Kier molecular flexibility index (Phi) is 7.27. The maximum Gasteiger partial charge on any atom is 0.433 e. The third-order valence-corrected chi connectivity index (χ3v) is 7.30. The molecule has 2 heterocycles. The number of halogens is 6. The molecule has 1 aromatic heterocycles. The molecule has 4 rings (SSSR count). The minimum absolute atomic E-state index is 0.181. The predicted octanol–water partition coefficient (Wildman–Crippen LogP) is 4.78. The Hall–Kier alpha value is -3.82. The van der Waals surface area contributed by atoms with Gasteiger partial charge in [0.1, 0.15) is 29.2 Å². The Balaban J connectivity index is 1.69. The minimum atomic E-state index is -5.26. The number of hydrogen-bond donors (Lipinski definition) is 0. The van der Waals surface area contributed by atoms with E-state index in [-0.39, 0.29) is 18.5 Å². The van der Waals surface area contributed by atoms with E-state index in [9.17, 15) is 41.2 Å². The Morgan fingerprint density at radius 3 is 2.38 bits per heavy atom. The molecular formula is C26H25F6N5O2. The summed E-state index contributed by atoms with van der Waals surface area (Å²) in [6.07, 6.45) is -9.20. The number of fused-ring (bicyclic) bond motifs is 2. The average Bonchev–Trinajstić information content (AvgIpc) is 3.47. The molecule has 0 radical (unpaired) electrons. The molecular weight excluding hydrogens is 528 g/mol. The van der Waals surface area contributed by atoms with Gasteiger partial charge >= 0.3 is 12.4 Å². The molecule has 2 bridgehead atoms. The van der Waals surface area contributed by atoms with E-state index in [4.69, 9.17) is 0 Å². The molecule has 3 atom stereocenters. The second kappa shape index (κ2) is 10.1. The van der Waals surface area contributed by atoms with Crippen LogP contribution in [-0.2, 0) is 21.9 Å². The highest BCUT2D eigenvalue weighted by Crippen LogP contribution is 2.48. The standard InChI is InChI=1S/C26H25F6N5O2/c1-14-5-4-6-16(9-14)36(3)21(38)13-35(2)24(39)22-15-7-8-17(10-15)37(22)23-18(12-33)19(25(27,28)29)11-20(34-23)26(30,31)32/h4-6,9,11,15,17,22H,7-8,10,13H2,1-3H3/t15-,17+,22-/m0/s1. The summed E-state index contributed by atoms with van der Waals surface area (Å²) in [6, 6.07) is 6.54. The zero-order valence-corrected chi connectivity index (χ0v) is 21.3. The molecule has 2 aliphatic rings. The van der Waals surface area contributed by atoms with Crippen LogP contribution in [0.15, 0.2) is 30.3 Å². The molecule has 2 amide bonds. The number of anilines is 2. The average molecular weight is 554 g/mol. The first kappa shape index (κ1) is 28.2. The largest absolute Gasteiger partial charge is 0.433 e. The third-order valence-electron chi connectivity index (χ3n) is 7.30. The lowest BCUT2D eigenvalue weighted by Crippen LogP contribution is -2.53. The minimum Gasteiger partial charge on any atom is -0.340 e. The highest BCUT2D eigenvalue weighted by atomic mass is 19.4. The topological polar surface area (TPSA) is 80.5 Å². The second-order valence-corrected chi connectivity index (χ2v) is 9.93. The predicted molar refractivity (Wildman–Crippen MR) is 129 cm³/mol. The maximum absolute atomic E-state index is 13.7. The van der Waals surface area contributed by atoms with Crippen LogP contribution in [0.1, 0.15) is 41.6 Å². The van der Waals surface area contributed by atoms with E-state index in [1.165, 1.54) is 25.1 Å². The van der Waals surface area contributed by atoms with Crippen molar-refractivity contribution < 1.29 is 35.9 Å². The molecule has 0 N–H and O–H groups in total. The molecule has 208 valence electrons. The van der Waals surface area contributed by atoms with Crippen LogP contribution in [0.5, 0.6) is 0 Å².